The molecular weight excluding hydrogens is 196 g/mol. The quantitative estimate of drug-likeness (QED) is 0.695. The van der Waals surface area contributed by atoms with Gasteiger partial charge in [0.15, 0.2) is 0 Å². The van der Waals surface area contributed by atoms with Crippen molar-refractivity contribution in [2.45, 2.75) is 31.6 Å². The molecule has 15 heavy (non-hydrogen) atoms. The molecule has 0 amide bonds. The Morgan fingerprint density at radius 1 is 1.13 bits per heavy atom. The Labute approximate surface area is 85.5 Å². The number of carbonyl (C=O) groups excluding carboxylic acids is 1. The van der Waals surface area contributed by atoms with E-state index in [4.69, 9.17) is 0 Å². The van der Waals surface area contributed by atoms with Crippen LogP contribution in [-0.4, -0.2) is 15.8 Å². The van der Waals surface area contributed by atoms with Crippen molar-refractivity contribution in [1.29, 1.82) is 0 Å². The molecule has 1 aliphatic rings. The van der Waals surface area contributed by atoms with Crippen LogP contribution in [0.25, 0.3) is 0 Å². The fourth-order valence-electron chi connectivity index (χ4n) is 1.97. The number of rotatable bonds is 1. The van der Waals surface area contributed by atoms with Crippen LogP contribution < -0.4 is 11.2 Å². The topological polar surface area (TPSA) is 82.8 Å². The summed E-state index contributed by atoms with van der Waals surface area (Å²) in [5, 5.41) is 0. The van der Waals surface area contributed by atoms with Crippen molar-refractivity contribution in [3.05, 3.63) is 32.6 Å². The fourth-order valence-corrected chi connectivity index (χ4v) is 1.97. The van der Waals surface area contributed by atoms with Crippen molar-refractivity contribution in [3.63, 3.8) is 0 Å². The summed E-state index contributed by atoms with van der Waals surface area (Å²) in [4.78, 5) is 38.0. The molecule has 0 atom stereocenters. The molecule has 0 saturated heterocycles. The molecule has 2 rings (SSSR count). The molecule has 1 aliphatic carbocycles. The summed E-state index contributed by atoms with van der Waals surface area (Å²) >= 11 is 0. The van der Waals surface area contributed by atoms with Gasteiger partial charge in [0, 0.05) is 24.6 Å². The highest BCUT2D eigenvalue weighted by molar-refractivity contribution is 5.79. The lowest BCUT2D eigenvalue weighted by molar-refractivity contribution is -0.120. The van der Waals surface area contributed by atoms with Crippen LogP contribution in [-0.2, 0) is 4.79 Å². The van der Waals surface area contributed by atoms with E-state index in [9.17, 15) is 14.4 Å². The van der Waals surface area contributed by atoms with E-state index in [1.165, 1.54) is 6.20 Å². The molecule has 5 nitrogen and oxygen atoms in total. The van der Waals surface area contributed by atoms with Crippen molar-refractivity contribution in [1.82, 2.24) is 9.97 Å². The minimum absolute atomic E-state index is 0.100. The summed E-state index contributed by atoms with van der Waals surface area (Å²) in [5.74, 6) is 0.357. The molecule has 0 aliphatic heterocycles. The normalized spacial score (nSPS) is 18.0. The van der Waals surface area contributed by atoms with Gasteiger partial charge in [0.25, 0.3) is 5.56 Å². The maximum atomic E-state index is 11.5. The summed E-state index contributed by atoms with van der Waals surface area (Å²) in [6, 6.07) is 0. The molecule has 80 valence electrons. The van der Waals surface area contributed by atoms with E-state index in [-0.39, 0.29) is 17.3 Å². The largest absolute Gasteiger partial charge is 0.325 e. The molecule has 1 aromatic heterocycles. The lowest BCUT2D eigenvalue weighted by Crippen LogP contribution is -2.27. The first-order valence-corrected chi connectivity index (χ1v) is 5.00. The Morgan fingerprint density at radius 3 is 2.40 bits per heavy atom. The Hall–Kier alpha value is -1.65. The number of nitrogens with one attached hydrogen (secondary N) is 2. The lowest BCUT2D eigenvalue weighted by atomic mass is 9.84. The van der Waals surface area contributed by atoms with Gasteiger partial charge in [-0.1, -0.05) is 0 Å². The number of carbonyl (C=O) groups is 1. The van der Waals surface area contributed by atoms with Gasteiger partial charge in [0.05, 0.1) is 0 Å². The first-order chi connectivity index (χ1) is 7.16. The summed E-state index contributed by atoms with van der Waals surface area (Å²) in [6.07, 6.45) is 3.93. The predicted molar refractivity (Wildman–Crippen MR) is 53.9 cm³/mol. The number of hydrogen-bond donors (Lipinski definition) is 2. The third-order valence-electron chi connectivity index (χ3n) is 2.83. The van der Waals surface area contributed by atoms with Crippen LogP contribution in [0, 0.1) is 0 Å². The Morgan fingerprint density at radius 2 is 1.80 bits per heavy atom. The van der Waals surface area contributed by atoms with E-state index in [0.717, 1.165) is 0 Å². The number of hydrogen-bond acceptors (Lipinski definition) is 3. The van der Waals surface area contributed by atoms with E-state index in [1.54, 1.807) is 0 Å². The Bertz CT molecular complexity index is 476. The fraction of sp³-hybridized carbons (Fsp3) is 0.500. The first kappa shape index (κ1) is 9.89. The minimum atomic E-state index is -0.490. The van der Waals surface area contributed by atoms with Gasteiger partial charge < -0.3 is 4.98 Å². The maximum absolute atomic E-state index is 11.5. The van der Waals surface area contributed by atoms with E-state index in [0.29, 0.717) is 31.2 Å². The molecule has 1 aromatic rings. The first-order valence-electron chi connectivity index (χ1n) is 5.00. The molecule has 0 spiro atoms. The standard InChI is InChI=1S/C10H12N2O3/c13-7-3-1-6(2-4-7)8-5-11-10(15)12-9(8)14/h5-6H,1-4H2,(H2,11,12,14,15). The summed E-state index contributed by atoms with van der Waals surface area (Å²) in [7, 11) is 0. The highest BCUT2D eigenvalue weighted by Crippen LogP contribution is 2.28. The van der Waals surface area contributed by atoms with Gasteiger partial charge in [0.1, 0.15) is 5.78 Å². The van der Waals surface area contributed by atoms with Crippen LogP contribution in [0.15, 0.2) is 15.8 Å². The monoisotopic (exact) mass is 208 g/mol. The Kier molecular flexibility index (Phi) is 2.53. The smallest absolute Gasteiger partial charge is 0.314 e. The van der Waals surface area contributed by atoms with Crippen molar-refractivity contribution >= 4 is 5.78 Å². The van der Waals surface area contributed by atoms with Crippen LogP contribution in [0.1, 0.15) is 37.2 Å². The SMILES string of the molecule is O=C1CCC(c2c[nH]c(=O)[nH]c2=O)CC1. The Balaban J connectivity index is 2.26. The molecule has 0 unspecified atom stereocenters. The van der Waals surface area contributed by atoms with Gasteiger partial charge in [-0.2, -0.15) is 0 Å². The molecular formula is C10H12N2O3. The number of H-pyrrole nitrogens is 2. The zero-order chi connectivity index (χ0) is 10.8. The molecule has 0 radical (unpaired) electrons. The van der Waals surface area contributed by atoms with Gasteiger partial charge in [-0.25, -0.2) is 4.79 Å². The molecule has 1 heterocycles. The van der Waals surface area contributed by atoms with Gasteiger partial charge in [-0.15, -0.1) is 0 Å². The van der Waals surface area contributed by atoms with E-state index in [2.05, 4.69) is 9.97 Å². The van der Waals surface area contributed by atoms with Crippen molar-refractivity contribution < 1.29 is 4.79 Å². The highest BCUT2D eigenvalue weighted by atomic mass is 16.2. The average molecular weight is 208 g/mol. The molecule has 0 bridgehead atoms. The molecule has 1 saturated carbocycles. The lowest BCUT2D eigenvalue weighted by Gasteiger charge is -2.19. The maximum Gasteiger partial charge on any atom is 0.325 e. The minimum Gasteiger partial charge on any atom is -0.314 e. The van der Waals surface area contributed by atoms with E-state index >= 15 is 0 Å². The number of aromatic nitrogens is 2. The van der Waals surface area contributed by atoms with Crippen LogP contribution in [0.2, 0.25) is 0 Å². The van der Waals surface area contributed by atoms with Crippen molar-refractivity contribution in [2.75, 3.05) is 0 Å². The zero-order valence-electron chi connectivity index (χ0n) is 8.21. The van der Waals surface area contributed by atoms with Gasteiger partial charge in [-0.05, 0) is 18.8 Å². The van der Waals surface area contributed by atoms with Crippen molar-refractivity contribution in [2.24, 2.45) is 0 Å². The second kappa shape index (κ2) is 3.84. The molecule has 5 heteroatoms. The third-order valence-corrected chi connectivity index (χ3v) is 2.83. The average Bonchev–Trinajstić information content (AvgIpc) is 2.20. The second-order valence-electron chi connectivity index (χ2n) is 3.84. The van der Waals surface area contributed by atoms with Crippen LogP contribution >= 0.6 is 0 Å². The van der Waals surface area contributed by atoms with Crippen molar-refractivity contribution in [3.8, 4) is 0 Å². The third kappa shape index (κ3) is 2.06. The van der Waals surface area contributed by atoms with Gasteiger partial charge in [0.2, 0.25) is 0 Å². The highest BCUT2D eigenvalue weighted by Gasteiger charge is 2.22. The van der Waals surface area contributed by atoms with Gasteiger partial charge >= 0.3 is 5.69 Å². The van der Waals surface area contributed by atoms with Crippen LogP contribution in [0.3, 0.4) is 0 Å². The number of aromatic amines is 2. The van der Waals surface area contributed by atoms with E-state index in [1.807, 2.05) is 0 Å². The zero-order valence-corrected chi connectivity index (χ0v) is 8.21. The molecule has 0 aromatic carbocycles. The molecule has 2 N–H and O–H groups in total. The summed E-state index contributed by atoms with van der Waals surface area (Å²) in [6.45, 7) is 0. The summed E-state index contributed by atoms with van der Waals surface area (Å²) in [5.41, 5.74) is -0.240. The second-order valence-corrected chi connectivity index (χ2v) is 3.84. The van der Waals surface area contributed by atoms with E-state index < -0.39 is 5.69 Å². The number of ketones is 1. The molecule has 1 fully saturated rings. The van der Waals surface area contributed by atoms with Gasteiger partial charge in [-0.3, -0.25) is 14.6 Å². The summed E-state index contributed by atoms with van der Waals surface area (Å²) < 4.78 is 0. The van der Waals surface area contributed by atoms with Crippen LogP contribution in [0.4, 0.5) is 0 Å². The predicted octanol–water partition coefficient (Wildman–Crippen LogP) is 0.290. The van der Waals surface area contributed by atoms with Crippen LogP contribution in [0.5, 0.6) is 0 Å². The number of Topliss-reactive ketones (excluding diaryl/α,β-unsaturated/α-hetero) is 1.